The van der Waals surface area contributed by atoms with Crippen LogP contribution in [-0.4, -0.2) is 42.5 Å². The molecule has 1 heterocycles. The molecule has 0 aromatic rings. The molecule has 0 spiro atoms. The van der Waals surface area contributed by atoms with E-state index in [1.807, 2.05) is 0 Å². The Morgan fingerprint density at radius 1 is 1.20 bits per heavy atom. The van der Waals surface area contributed by atoms with Crippen molar-refractivity contribution in [2.75, 3.05) is 26.2 Å². The van der Waals surface area contributed by atoms with Gasteiger partial charge in [-0.05, 0) is 64.0 Å². The van der Waals surface area contributed by atoms with Crippen molar-refractivity contribution in [3.8, 4) is 0 Å². The predicted molar refractivity (Wildman–Crippen MR) is 111 cm³/mol. The van der Waals surface area contributed by atoms with E-state index in [0.717, 1.165) is 38.4 Å². The lowest BCUT2D eigenvalue weighted by Crippen LogP contribution is -2.55. The molecular weight excluding hydrogens is 357 g/mol. The summed E-state index contributed by atoms with van der Waals surface area (Å²) in [5, 5.41) is 3.21. The van der Waals surface area contributed by atoms with Gasteiger partial charge in [0.2, 0.25) is 5.91 Å². The molecule has 1 saturated heterocycles. The molecule has 0 aromatic carbocycles. The van der Waals surface area contributed by atoms with Gasteiger partial charge in [-0.2, -0.15) is 0 Å². The number of rotatable bonds is 6. The Kier molecular flexibility index (Phi) is 10.9. The molecule has 1 unspecified atom stereocenters. The average molecular weight is 396 g/mol. The number of hydrogen-bond acceptors (Lipinski definition) is 3. The molecule has 1 atom stereocenters. The standard InChI is InChI=1S/C19H37N3O.2ClH/c1-16-8-7-11-22(13-16)18(2,3)15-21-17(23)12-19(14-20)9-5-4-6-10-19;;/h16H,4-15,20H2,1-3H3,(H,21,23);2*1H. The van der Waals surface area contributed by atoms with E-state index in [4.69, 9.17) is 5.73 Å². The van der Waals surface area contributed by atoms with Gasteiger partial charge in [0.15, 0.2) is 0 Å². The van der Waals surface area contributed by atoms with E-state index in [-0.39, 0.29) is 41.7 Å². The summed E-state index contributed by atoms with van der Waals surface area (Å²) in [5.41, 5.74) is 6.11. The minimum absolute atomic E-state index is 0. The lowest BCUT2D eigenvalue weighted by Gasteiger charge is -2.43. The fourth-order valence-electron chi connectivity index (χ4n) is 4.32. The molecule has 25 heavy (non-hydrogen) atoms. The quantitative estimate of drug-likeness (QED) is 0.719. The zero-order chi connectivity index (χ0) is 16.9. The second-order valence-electron chi connectivity index (χ2n) is 8.72. The Morgan fingerprint density at radius 3 is 2.40 bits per heavy atom. The molecule has 1 aliphatic heterocycles. The second kappa shape index (κ2) is 11.0. The summed E-state index contributed by atoms with van der Waals surface area (Å²) < 4.78 is 0. The first-order valence-corrected chi connectivity index (χ1v) is 9.59. The zero-order valence-corrected chi connectivity index (χ0v) is 17.9. The lowest BCUT2D eigenvalue weighted by molar-refractivity contribution is -0.124. The van der Waals surface area contributed by atoms with Crippen LogP contribution in [0.5, 0.6) is 0 Å². The number of carbonyl (C=O) groups is 1. The summed E-state index contributed by atoms with van der Waals surface area (Å²) in [5.74, 6) is 0.956. The van der Waals surface area contributed by atoms with Gasteiger partial charge in [0.1, 0.15) is 0 Å². The Balaban J connectivity index is 0.00000288. The minimum atomic E-state index is 0. The van der Waals surface area contributed by atoms with Gasteiger partial charge in [-0.15, -0.1) is 24.8 Å². The van der Waals surface area contributed by atoms with E-state index in [2.05, 4.69) is 31.0 Å². The van der Waals surface area contributed by atoms with Crippen molar-refractivity contribution in [2.24, 2.45) is 17.1 Å². The number of nitrogens with one attached hydrogen (secondary N) is 1. The van der Waals surface area contributed by atoms with E-state index < -0.39 is 0 Å². The summed E-state index contributed by atoms with van der Waals surface area (Å²) >= 11 is 0. The van der Waals surface area contributed by atoms with Crippen LogP contribution in [0.4, 0.5) is 0 Å². The van der Waals surface area contributed by atoms with Crippen LogP contribution in [0.2, 0.25) is 0 Å². The van der Waals surface area contributed by atoms with Crippen molar-refractivity contribution in [2.45, 2.75) is 77.7 Å². The molecular formula is C19H39Cl2N3O. The maximum atomic E-state index is 12.5. The third-order valence-electron chi connectivity index (χ3n) is 6.11. The highest BCUT2D eigenvalue weighted by atomic mass is 35.5. The van der Waals surface area contributed by atoms with Crippen LogP contribution in [0.25, 0.3) is 0 Å². The molecule has 0 bridgehead atoms. The van der Waals surface area contributed by atoms with Gasteiger partial charge < -0.3 is 11.1 Å². The molecule has 1 saturated carbocycles. The molecule has 2 fully saturated rings. The van der Waals surface area contributed by atoms with E-state index in [0.29, 0.717) is 13.0 Å². The number of piperidine rings is 1. The lowest BCUT2D eigenvalue weighted by atomic mass is 9.71. The Bertz CT molecular complexity index is 398. The highest BCUT2D eigenvalue weighted by molar-refractivity contribution is 5.85. The van der Waals surface area contributed by atoms with Crippen LogP contribution in [0.3, 0.4) is 0 Å². The Hall–Kier alpha value is -0.0300. The van der Waals surface area contributed by atoms with Gasteiger partial charge in [-0.3, -0.25) is 9.69 Å². The van der Waals surface area contributed by atoms with Crippen molar-refractivity contribution in [3.63, 3.8) is 0 Å². The van der Waals surface area contributed by atoms with E-state index in [9.17, 15) is 4.79 Å². The maximum Gasteiger partial charge on any atom is 0.220 e. The Morgan fingerprint density at radius 2 is 1.84 bits per heavy atom. The molecule has 4 nitrogen and oxygen atoms in total. The highest BCUT2D eigenvalue weighted by Crippen LogP contribution is 2.38. The first-order valence-electron chi connectivity index (χ1n) is 9.59. The summed E-state index contributed by atoms with van der Waals surface area (Å²) in [6, 6.07) is 0. The first-order chi connectivity index (χ1) is 10.9. The maximum absolute atomic E-state index is 12.5. The fourth-order valence-corrected chi connectivity index (χ4v) is 4.32. The monoisotopic (exact) mass is 395 g/mol. The molecule has 0 aromatic heterocycles. The number of nitrogens with zero attached hydrogens (tertiary/aromatic N) is 1. The largest absolute Gasteiger partial charge is 0.354 e. The molecule has 150 valence electrons. The molecule has 3 N–H and O–H groups in total. The SMILES string of the molecule is CC1CCCN(C(C)(C)CNC(=O)CC2(CN)CCCCC2)C1.Cl.Cl. The number of amides is 1. The number of halogens is 2. The van der Waals surface area contributed by atoms with Crippen LogP contribution in [0.15, 0.2) is 0 Å². The molecule has 2 rings (SSSR count). The van der Waals surface area contributed by atoms with Gasteiger partial charge >= 0.3 is 0 Å². The van der Waals surface area contributed by atoms with Crippen molar-refractivity contribution >= 4 is 30.7 Å². The third-order valence-corrected chi connectivity index (χ3v) is 6.11. The topological polar surface area (TPSA) is 58.4 Å². The van der Waals surface area contributed by atoms with Crippen molar-refractivity contribution in [1.29, 1.82) is 0 Å². The Labute approximate surface area is 166 Å². The smallest absolute Gasteiger partial charge is 0.220 e. The van der Waals surface area contributed by atoms with Gasteiger partial charge in [-0.1, -0.05) is 26.2 Å². The first kappa shape index (κ1) is 25.0. The van der Waals surface area contributed by atoms with Crippen LogP contribution in [-0.2, 0) is 4.79 Å². The van der Waals surface area contributed by atoms with Crippen molar-refractivity contribution in [1.82, 2.24) is 10.2 Å². The van der Waals surface area contributed by atoms with Gasteiger partial charge in [0.25, 0.3) is 0 Å². The number of hydrogen-bond donors (Lipinski definition) is 2. The van der Waals surface area contributed by atoms with E-state index >= 15 is 0 Å². The second-order valence-corrected chi connectivity index (χ2v) is 8.72. The zero-order valence-electron chi connectivity index (χ0n) is 16.3. The predicted octanol–water partition coefficient (Wildman–Crippen LogP) is 3.76. The summed E-state index contributed by atoms with van der Waals surface area (Å²) in [7, 11) is 0. The normalized spacial score (nSPS) is 23.9. The van der Waals surface area contributed by atoms with E-state index in [1.165, 1.54) is 32.1 Å². The summed E-state index contributed by atoms with van der Waals surface area (Å²) in [6.45, 7) is 10.5. The number of nitrogens with two attached hydrogens (primary N) is 1. The van der Waals surface area contributed by atoms with Crippen molar-refractivity contribution in [3.05, 3.63) is 0 Å². The minimum Gasteiger partial charge on any atom is -0.354 e. The fraction of sp³-hybridized carbons (Fsp3) is 0.947. The summed E-state index contributed by atoms with van der Waals surface area (Å²) in [6.07, 6.45) is 9.18. The van der Waals surface area contributed by atoms with Crippen molar-refractivity contribution < 1.29 is 4.79 Å². The highest BCUT2D eigenvalue weighted by Gasteiger charge is 2.34. The molecule has 2 aliphatic rings. The van der Waals surface area contributed by atoms with Gasteiger partial charge in [0.05, 0.1) is 0 Å². The van der Waals surface area contributed by atoms with Gasteiger partial charge in [-0.25, -0.2) is 0 Å². The number of carbonyl (C=O) groups excluding carboxylic acids is 1. The van der Waals surface area contributed by atoms with Gasteiger partial charge in [0, 0.05) is 25.0 Å². The average Bonchev–Trinajstić information content (AvgIpc) is 2.54. The van der Waals surface area contributed by atoms with E-state index in [1.54, 1.807) is 0 Å². The summed E-state index contributed by atoms with van der Waals surface area (Å²) in [4.78, 5) is 15.0. The molecule has 1 amide bonds. The van der Waals surface area contributed by atoms with Crippen LogP contribution in [0.1, 0.15) is 72.1 Å². The molecule has 0 radical (unpaired) electrons. The number of likely N-dealkylation sites (tertiary alicyclic amines) is 1. The van der Waals surface area contributed by atoms with Crippen LogP contribution in [0, 0.1) is 11.3 Å². The molecule has 6 heteroatoms. The third kappa shape index (κ3) is 7.24. The van der Waals surface area contributed by atoms with Crippen LogP contribution >= 0.6 is 24.8 Å². The van der Waals surface area contributed by atoms with Crippen LogP contribution < -0.4 is 11.1 Å². The molecule has 1 aliphatic carbocycles.